The molecular formula is C36H46O3Si. The van der Waals surface area contributed by atoms with Crippen molar-refractivity contribution in [3.63, 3.8) is 0 Å². The first-order chi connectivity index (χ1) is 18.9. The summed E-state index contributed by atoms with van der Waals surface area (Å²) in [6, 6.07) is 13.7. The van der Waals surface area contributed by atoms with E-state index in [0.29, 0.717) is 0 Å². The van der Waals surface area contributed by atoms with Crippen molar-refractivity contribution in [2.45, 2.75) is 74.8 Å². The summed E-state index contributed by atoms with van der Waals surface area (Å²) in [4.78, 5) is 0. The van der Waals surface area contributed by atoms with E-state index in [2.05, 4.69) is 106 Å². The summed E-state index contributed by atoms with van der Waals surface area (Å²) in [5.41, 5.74) is 13.6. The van der Waals surface area contributed by atoms with Gasteiger partial charge in [0.25, 0.3) is 0 Å². The smallest absolute Gasteiger partial charge is 0.160 e. The highest BCUT2D eigenvalue weighted by Crippen LogP contribution is 2.48. The molecule has 1 aliphatic carbocycles. The van der Waals surface area contributed by atoms with Gasteiger partial charge in [0.15, 0.2) is 8.07 Å². The lowest BCUT2D eigenvalue weighted by Gasteiger charge is -2.44. The van der Waals surface area contributed by atoms with Crippen molar-refractivity contribution < 1.29 is 14.2 Å². The molecule has 0 heterocycles. The summed E-state index contributed by atoms with van der Waals surface area (Å²) in [7, 11) is 2.48. The number of hydrogen-bond acceptors (Lipinski definition) is 3. The first-order valence-corrected chi connectivity index (χ1v) is 16.3. The third-order valence-electron chi connectivity index (χ3n) is 10.2. The van der Waals surface area contributed by atoms with E-state index < -0.39 is 8.07 Å². The van der Waals surface area contributed by atoms with Crippen LogP contribution in [0.25, 0.3) is 0 Å². The van der Waals surface area contributed by atoms with Gasteiger partial charge in [0.05, 0.1) is 21.3 Å². The van der Waals surface area contributed by atoms with Gasteiger partial charge < -0.3 is 14.2 Å². The predicted octanol–water partition coefficient (Wildman–Crippen LogP) is 7.09. The van der Waals surface area contributed by atoms with E-state index in [1.807, 2.05) is 0 Å². The predicted molar refractivity (Wildman–Crippen MR) is 173 cm³/mol. The molecule has 0 N–H and O–H groups in total. The molecule has 0 aliphatic heterocycles. The average molecular weight is 555 g/mol. The number of benzene rings is 3. The van der Waals surface area contributed by atoms with Gasteiger partial charge in [0.2, 0.25) is 0 Å². The number of methoxy groups -OCH3 is 3. The topological polar surface area (TPSA) is 27.7 Å². The molecule has 0 atom stereocenters. The molecule has 4 heteroatoms. The molecule has 3 aromatic rings. The summed E-state index contributed by atoms with van der Waals surface area (Å²) >= 11 is 0. The SMILES string of the molecule is COc1ccc([Si](c2ccc(OC)c(C)c2C)(c2ccc(OC)c(C)c2C)C2C(C)=C(C)C(C)=C2C)c(C)c1C. The highest BCUT2D eigenvalue weighted by molar-refractivity contribution is 7.13. The van der Waals surface area contributed by atoms with Gasteiger partial charge in [0, 0.05) is 5.54 Å². The molecule has 0 unspecified atom stereocenters. The molecule has 0 saturated heterocycles. The molecule has 0 radical (unpaired) electrons. The van der Waals surface area contributed by atoms with Crippen LogP contribution in [-0.4, -0.2) is 29.4 Å². The second-order valence-electron chi connectivity index (χ2n) is 11.6. The van der Waals surface area contributed by atoms with E-state index in [1.54, 1.807) is 21.3 Å². The van der Waals surface area contributed by atoms with Gasteiger partial charge in [-0.3, -0.25) is 0 Å². The maximum atomic E-state index is 5.82. The van der Waals surface area contributed by atoms with Gasteiger partial charge in [-0.1, -0.05) is 29.3 Å². The summed E-state index contributed by atoms with van der Waals surface area (Å²) in [6.45, 7) is 22.8. The number of ether oxygens (including phenoxy) is 3. The Morgan fingerprint density at radius 1 is 0.425 bits per heavy atom. The fourth-order valence-corrected chi connectivity index (χ4v) is 14.1. The first-order valence-electron chi connectivity index (χ1n) is 14.2. The lowest BCUT2D eigenvalue weighted by Crippen LogP contribution is -2.72. The Morgan fingerprint density at radius 3 is 0.950 bits per heavy atom. The van der Waals surface area contributed by atoms with Gasteiger partial charge in [-0.25, -0.2) is 0 Å². The summed E-state index contributed by atoms with van der Waals surface area (Å²) in [5, 5.41) is 4.33. The van der Waals surface area contributed by atoms with Crippen molar-refractivity contribution in [2.75, 3.05) is 21.3 Å². The number of hydrogen-bond donors (Lipinski definition) is 0. The quantitative estimate of drug-likeness (QED) is 0.231. The lowest BCUT2D eigenvalue weighted by atomic mass is 10.1. The van der Waals surface area contributed by atoms with Crippen molar-refractivity contribution in [2.24, 2.45) is 0 Å². The average Bonchev–Trinajstić information content (AvgIpc) is 3.13. The van der Waals surface area contributed by atoms with Gasteiger partial charge in [-0.05, 0) is 148 Å². The molecule has 0 bridgehead atoms. The monoisotopic (exact) mass is 554 g/mol. The van der Waals surface area contributed by atoms with Crippen LogP contribution in [0.1, 0.15) is 61.1 Å². The highest BCUT2D eigenvalue weighted by Gasteiger charge is 2.52. The van der Waals surface area contributed by atoms with Crippen LogP contribution in [0.5, 0.6) is 17.2 Å². The van der Waals surface area contributed by atoms with Gasteiger partial charge in [-0.15, -0.1) is 0 Å². The molecular weight excluding hydrogens is 508 g/mol. The van der Waals surface area contributed by atoms with Gasteiger partial charge in [-0.2, -0.15) is 0 Å². The molecule has 40 heavy (non-hydrogen) atoms. The van der Waals surface area contributed by atoms with Crippen molar-refractivity contribution in [3.8, 4) is 17.2 Å². The van der Waals surface area contributed by atoms with Crippen molar-refractivity contribution >= 4 is 23.6 Å². The number of rotatable bonds is 7. The minimum absolute atomic E-state index is 0.275. The zero-order chi connectivity index (χ0) is 29.7. The summed E-state index contributed by atoms with van der Waals surface area (Å²) in [6.07, 6.45) is 0. The minimum Gasteiger partial charge on any atom is -0.496 e. The first kappa shape index (κ1) is 29.7. The van der Waals surface area contributed by atoms with Crippen LogP contribution < -0.4 is 29.8 Å². The Kier molecular flexibility index (Phi) is 8.15. The second kappa shape index (κ2) is 11.0. The molecule has 3 nitrogen and oxygen atoms in total. The Balaban J connectivity index is 2.35. The maximum absolute atomic E-state index is 5.82. The fourth-order valence-electron chi connectivity index (χ4n) is 7.23. The van der Waals surface area contributed by atoms with Gasteiger partial charge >= 0.3 is 0 Å². The summed E-state index contributed by atoms with van der Waals surface area (Å²) < 4.78 is 17.5. The molecule has 4 rings (SSSR count). The van der Waals surface area contributed by atoms with Crippen LogP contribution in [0.3, 0.4) is 0 Å². The van der Waals surface area contributed by atoms with Crippen LogP contribution in [0.15, 0.2) is 58.7 Å². The van der Waals surface area contributed by atoms with E-state index in [-0.39, 0.29) is 5.54 Å². The third kappa shape index (κ3) is 4.14. The van der Waals surface area contributed by atoms with Crippen molar-refractivity contribution in [1.82, 2.24) is 0 Å². The number of allylic oxidation sites excluding steroid dienone is 4. The second-order valence-corrected chi connectivity index (χ2v) is 15.4. The van der Waals surface area contributed by atoms with E-state index in [4.69, 9.17) is 14.2 Å². The lowest BCUT2D eigenvalue weighted by molar-refractivity contribution is 0.411. The van der Waals surface area contributed by atoms with E-state index in [1.165, 1.54) is 71.2 Å². The minimum atomic E-state index is -2.82. The largest absolute Gasteiger partial charge is 0.496 e. The molecule has 0 fully saturated rings. The molecule has 0 amide bonds. The molecule has 3 aromatic carbocycles. The highest BCUT2D eigenvalue weighted by atomic mass is 28.3. The Labute approximate surface area is 242 Å². The van der Waals surface area contributed by atoms with Crippen LogP contribution in [0, 0.1) is 41.5 Å². The van der Waals surface area contributed by atoms with Crippen molar-refractivity contribution in [3.05, 3.63) is 92.1 Å². The zero-order valence-corrected chi connectivity index (χ0v) is 27.8. The summed E-state index contributed by atoms with van der Waals surface area (Å²) in [5.74, 6) is 2.81. The maximum Gasteiger partial charge on any atom is 0.160 e. The third-order valence-corrected chi connectivity index (χ3v) is 16.1. The standard InChI is InChI=1S/C36H46O3Si/c1-20-21(2)29(10)36(28(20)9)40(33-17-14-30(37-11)22(3)25(33)6,34-18-15-31(38-12)23(4)26(34)7)35-19-16-32(39-13)24(5)27(35)8/h14-19,36H,1-13H3. The Hall–Kier alpha value is -3.24. The van der Waals surface area contributed by atoms with Crippen molar-refractivity contribution in [1.29, 1.82) is 0 Å². The molecule has 1 aliphatic rings. The van der Waals surface area contributed by atoms with Gasteiger partial charge in [0.1, 0.15) is 17.2 Å². The zero-order valence-electron chi connectivity index (χ0n) is 26.8. The van der Waals surface area contributed by atoms with E-state index in [0.717, 1.165) is 17.2 Å². The van der Waals surface area contributed by atoms with Crippen LogP contribution in [-0.2, 0) is 0 Å². The molecule has 212 valence electrons. The molecule has 0 aromatic heterocycles. The Bertz CT molecular complexity index is 1390. The molecule has 0 spiro atoms. The van der Waals surface area contributed by atoms with Crippen LogP contribution >= 0.6 is 0 Å². The van der Waals surface area contributed by atoms with Crippen LogP contribution in [0.2, 0.25) is 5.54 Å². The normalized spacial score (nSPS) is 14.3. The van der Waals surface area contributed by atoms with E-state index in [9.17, 15) is 0 Å². The Morgan fingerprint density at radius 2 is 0.700 bits per heavy atom. The van der Waals surface area contributed by atoms with Crippen LogP contribution in [0.4, 0.5) is 0 Å². The fraction of sp³-hybridized carbons (Fsp3) is 0.389. The van der Waals surface area contributed by atoms with E-state index >= 15 is 0 Å². The molecule has 0 saturated carbocycles.